The average molecular weight is 195 g/mol. The van der Waals surface area contributed by atoms with E-state index in [0.717, 1.165) is 18.9 Å². The van der Waals surface area contributed by atoms with Crippen molar-refractivity contribution in [1.82, 2.24) is 4.90 Å². The maximum absolute atomic E-state index is 8.55. The summed E-state index contributed by atoms with van der Waals surface area (Å²) in [6.07, 6.45) is 4.78. The van der Waals surface area contributed by atoms with Crippen LogP contribution in [0.4, 0.5) is 0 Å². The molecule has 0 aromatic carbocycles. The van der Waals surface area contributed by atoms with E-state index in [1.165, 1.54) is 32.4 Å². The van der Waals surface area contributed by atoms with Crippen LogP contribution in [0, 0.1) is 17.2 Å². The van der Waals surface area contributed by atoms with E-state index in [1.807, 2.05) is 0 Å². The van der Waals surface area contributed by atoms with Crippen LogP contribution in [0.15, 0.2) is 0 Å². The molecule has 14 heavy (non-hydrogen) atoms. The largest absolute Gasteiger partial charge is 0.316 e. The molecule has 2 N–H and O–H groups in total. The lowest BCUT2D eigenvalue weighted by Crippen LogP contribution is -2.28. The van der Waals surface area contributed by atoms with Crippen molar-refractivity contribution in [3.8, 4) is 6.07 Å². The molecule has 2 atom stereocenters. The normalized spacial score (nSPS) is 24.8. The molecular weight excluding hydrogens is 174 g/mol. The number of rotatable bonds is 5. The van der Waals surface area contributed by atoms with E-state index in [9.17, 15) is 0 Å². The Bertz CT molecular complexity index is 197. The molecule has 0 aromatic rings. The van der Waals surface area contributed by atoms with E-state index < -0.39 is 0 Å². The van der Waals surface area contributed by atoms with Gasteiger partial charge in [-0.25, -0.2) is 0 Å². The van der Waals surface area contributed by atoms with Crippen molar-refractivity contribution in [3.63, 3.8) is 0 Å². The molecule has 3 nitrogen and oxygen atoms in total. The van der Waals surface area contributed by atoms with Gasteiger partial charge in [-0.1, -0.05) is 13.3 Å². The van der Waals surface area contributed by atoms with Gasteiger partial charge in [-0.05, 0) is 31.7 Å². The lowest BCUT2D eigenvalue weighted by Gasteiger charge is -2.16. The summed E-state index contributed by atoms with van der Waals surface area (Å²) in [7, 11) is 0. The second-order valence-corrected chi connectivity index (χ2v) is 4.27. The Kier molecular flexibility index (Phi) is 4.92. The molecule has 3 heteroatoms. The van der Waals surface area contributed by atoms with Crippen LogP contribution in [0.2, 0.25) is 0 Å². The van der Waals surface area contributed by atoms with Gasteiger partial charge in [-0.3, -0.25) is 0 Å². The Morgan fingerprint density at radius 2 is 2.43 bits per heavy atom. The molecule has 0 bridgehead atoms. The van der Waals surface area contributed by atoms with Gasteiger partial charge in [-0.2, -0.15) is 5.26 Å². The zero-order valence-electron chi connectivity index (χ0n) is 9.08. The second-order valence-electron chi connectivity index (χ2n) is 4.27. The first-order valence-electron chi connectivity index (χ1n) is 5.63. The van der Waals surface area contributed by atoms with E-state index in [1.54, 1.807) is 0 Å². The van der Waals surface area contributed by atoms with Gasteiger partial charge in [-0.15, -0.1) is 0 Å². The first kappa shape index (κ1) is 11.5. The molecule has 0 spiro atoms. The first-order chi connectivity index (χ1) is 6.76. The van der Waals surface area contributed by atoms with E-state index in [0.29, 0.717) is 0 Å². The summed E-state index contributed by atoms with van der Waals surface area (Å²) in [5.74, 6) is 0.887. The van der Waals surface area contributed by atoms with E-state index in [4.69, 9.17) is 11.0 Å². The summed E-state index contributed by atoms with van der Waals surface area (Å²) in [6.45, 7) is 5.65. The molecule has 0 radical (unpaired) electrons. The molecule has 0 aromatic heterocycles. The Hall–Kier alpha value is -0.590. The molecule has 0 amide bonds. The highest BCUT2D eigenvalue weighted by Gasteiger charge is 2.21. The SMILES string of the molecule is CCCC1CCN(CCC(N)C#N)C1. The Labute approximate surface area is 86.9 Å². The summed E-state index contributed by atoms with van der Waals surface area (Å²) in [4.78, 5) is 2.44. The van der Waals surface area contributed by atoms with Crippen LogP contribution < -0.4 is 5.73 Å². The number of nitrogens with two attached hydrogens (primary N) is 1. The maximum Gasteiger partial charge on any atom is 0.0940 e. The van der Waals surface area contributed by atoms with Crippen LogP contribution in [0.25, 0.3) is 0 Å². The van der Waals surface area contributed by atoms with Crippen molar-refractivity contribution >= 4 is 0 Å². The molecule has 1 fully saturated rings. The van der Waals surface area contributed by atoms with Crippen LogP contribution in [-0.2, 0) is 0 Å². The number of likely N-dealkylation sites (tertiary alicyclic amines) is 1. The van der Waals surface area contributed by atoms with Crippen molar-refractivity contribution < 1.29 is 0 Å². The van der Waals surface area contributed by atoms with Crippen molar-refractivity contribution in [1.29, 1.82) is 5.26 Å². The molecule has 0 aliphatic carbocycles. The molecule has 1 rings (SSSR count). The van der Waals surface area contributed by atoms with Gasteiger partial charge in [0.1, 0.15) is 0 Å². The zero-order valence-corrected chi connectivity index (χ0v) is 9.08. The van der Waals surface area contributed by atoms with Crippen molar-refractivity contribution in [2.45, 2.75) is 38.6 Å². The van der Waals surface area contributed by atoms with Crippen molar-refractivity contribution in [3.05, 3.63) is 0 Å². The van der Waals surface area contributed by atoms with Crippen LogP contribution in [-0.4, -0.2) is 30.6 Å². The molecule has 1 aliphatic heterocycles. The highest BCUT2D eigenvalue weighted by atomic mass is 15.1. The minimum Gasteiger partial charge on any atom is -0.316 e. The van der Waals surface area contributed by atoms with E-state index >= 15 is 0 Å². The van der Waals surface area contributed by atoms with Crippen LogP contribution in [0.5, 0.6) is 0 Å². The van der Waals surface area contributed by atoms with Crippen LogP contribution in [0.3, 0.4) is 0 Å². The van der Waals surface area contributed by atoms with Crippen LogP contribution in [0.1, 0.15) is 32.6 Å². The van der Waals surface area contributed by atoms with Gasteiger partial charge in [0.05, 0.1) is 12.1 Å². The minimum absolute atomic E-state index is 0.278. The van der Waals surface area contributed by atoms with E-state index in [2.05, 4.69) is 17.9 Å². The molecule has 1 saturated heterocycles. The van der Waals surface area contributed by atoms with E-state index in [-0.39, 0.29) is 6.04 Å². The molecule has 1 heterocycles. The molecular formula is C11H21N3. The monoisotopic (exact) mass is 195 g/mol. The fourth-order valence-corrected chi connectivity index (χ4v) is 2.15. The lowest BCUT2D eigenvalue weighted by atomic mass is 10.0. The fraction of sp³-hybridized carbons (Fsp3) is 0.909. The van der Waals surface area contributed by atoms with Gasteiger partial charge in [0.2, 0.25) is 0 Å². The predicted octanol–water partition coefficient (Wildman–Crippen LogP) is 1.35. The number of nitrogens with zero attached hydrogens (tertiary/aromatic N) is 2. The highest BCUT2D eigenvalue weighted by molar-refractivity contribution is 4.87. The van der Waals surface area contributed by atoms with Crippen LogP contribution >= 0.6 is 0 Å². The summed E-state index contributed by atoms with van der Waals surface area (Å²) in [5, 5.41) is 8.55. The van der Waals surface area contributed by atoms with Gasteiger partial charge >= 0.3 is 0 Å². The molecule has 80 valence electrons. The Morgan fingerprint density at radius 3 is 3.07 bits per heavy atom. The minimum atomic E-state index is -0.278. The highest BCUT2D eigenvalue weighted by Crippen LogP contribution is 2.20. The lowest BCUT2D eigenvalue weighted by molar-refractivity contribution is 0.312. The third kappa shape index (κ3) is 3.65. The summed E-state index contributed by atoms with van der Waals surface area (Å²) < 4.78 is 0. The quantitative estimate of drug-likeness (QED) is 0.720. The van der Waals surface area contributed by atoms with Gasteiger partial charge < -0.3 is 10.6 Å². The first-order valence-corrected chi connectivity index (χ1v) is 5.63. The Morgan fingerprint density at radius 1 is 1.64 bits per heavy atom. The van der Waals surface area contributed by atoms with Crippen molar-refractivity contribution in [2.24, 2.45) is 11.7 Å². The van der Waals surface area contributed by atoms with Gasteiger partial charge in [0, 0.05) is 13.1 Å². The summed E-state index contributed by atoms with van der Waals surface area (Å²) in [5.41, 5.74) is 5.56. The van der Waals surface area contributed by atoms with Crippen molar-refractivity contribution in [2.75, 3.05) is 19.6 Å². The fourth-order valence-electron chi connectivity index (χ4n) is 2.15. The third-order valence-corrected chi connectivity index (χ3v) is 2.99. The zero-order chi connectivity index (χ0) is 10.4. The Balaban J connectivity index is 2.13. The maximum atomic E-state index is 8.55. The number of nitriles is 1. The van der Waals surface area contributed by atoms with Gasteiger partial charge in [0.15, 0.2) is 0 Å². The number of hydrogen-bond donors (Lipinski definition) is 1. The molecule has 2 unspecified atom stereocenters. The summed E-state index contributed by atoms with van der Waals surface area (Å²) >= 11 is 0. The standard InChI is InChI=1S/C11H21N3/c1-2-3-10-4-6-14(9-10)7-5-11(13)8-12/h10-11H,2-7,9,13H2,1H3. The summed E-state index contributed by atoms with van der Waals surface area (Å²) in [6, 6.07) is 1.80. The smallest absolute Gasteiger partial charge is 0.0940 e. The second kappa shape index (κ2) is 6.00. The third-order valence-electron chi connectivity index (χ3n) is 2.99. The molecule has 1 aliphatic rings. The van der Waals surface area contributed by atoms with Gasteiger partial charge in [0.25, 0.3) is 0 Å². The molecule has 0 saturated carbocycles. The average Bonchev–Trinajstić information content (AvgIpc) is 2.63. The topological polar surface area (TPSA) is 53.0 Å². The predicted molar refractivity (Wildman–Crippen MR) is 57.7 cm³/mol. The number of hydrogen-bond acceptors (Lipinski definition) is 3.